The minimum absolute atomic E-state index is 0.0224. The van der Waals surface area contributed by atoms with Crippen molar-refractivity contribution in [3.63, 3.8) is 0 Å². The molecule has 1 fully saturated rings. The number of amides is 1. The number of nitrogens with one attached hydrogen (secondary N) is 1. The fraction of sp³-hybridized carbons (Fsp3) is 0.500. The van der Waals surface area contributed by atoms with Gasteiger partial charge in [0.05, 0.1) is 11.7 Å². The molecule has 20 heavy (non-hydrogen) atoms. The fourth-order valence-corrected chi connectivity index (χ4v) is 3.37. The maximum absolute atomic E-state index is 12.1. The Morgan fingerprint density at radius 1 is 1.45 bits per heavy atom. The molecule has 1 saturated carbocycles. The summed E-state index contributed by atoms with van der Waals surface area (Å²) < 4.78 is 1.52. The number of hydrogen-bond acceptors (Lipinski definition) is 4. The van der Waals surface area contributed by atoms with Crippen LogP contribution >= 0.6 is 11.3 Å². The van der Waals surface area contributed by atoms with Crippen molar-refractivity contribution in [1.82, 2.24) is 14.9 Å². The van der Waals surface area contributed by atoms with Crippen molar-refractivity contribution in [3.05, 3.63) is 28.1 Å². The second-order valence-corrected chi connectivity index (χ2v) is 6.08. The number of hydrogen-bond donors (Lipinski definition) is 1. The van der Waals surface area contributed by atoms with E-state index in [2.05, 4.69) is 10.3 Å². The van der Waals surface area contributed by atoms with E-state index in [1.54, 1.807) is 6.07 Å². The van der Waals surface area contributed by atoms with E-state index in [0.717, 1.165) is 17.7 Å². The van der Waals surface area contributed by atoms with Gasteiger partial charge in [-0.25, -0.2) is 4.98 Å². The number of aromatic nitrogens is 2. The molecular weight excluding hydrogens is 274 g/mol. The number of aryl methyl sites for hydroxylation is 1. The molecule has 0 saturated heterocycles. The Balaban J connectivity index is 1.63. The predicted octanol–water partition coefficient (Wildman–Crippen LogP) is 1.91. The number of carbonyl (C=O) groups excluding carboxylic acids is 1. The second kappa shape index (κ2) is 5.75. The van der Waals surface area contributed by atoms with Crippen LogP contribution in [-0.2, 0) is 11.3 Å². The van der Waals surface area contributed by atoms with E-state index in [-0.39, 0.29) is 11.5 Å². The summed E-state index contributed by atoms with van der Waals surface area (Å²) in [6.45, 7) is 0.385. The first-order valence-electron chi connectivity index (χ1n) is 6.96. The van der Waals surface area contributed by atoms with Gasteiger partial charge < -0.3 is 5.32 Å². The highest BCUT2D eigenvalue weighted by atomic mass is 32.1. The van der Waals surface area contributed by atoms with Crippen LogP contribution in [-0.4, -0.2) is 21.5 Å². The first-order chi connectivity index (χ1) is 9.74. The number of nitrogens with zero attached hydrogens (tertiary/aromatic N) is 2. The molecule has 0 spiro atoms. The summed E-state index contributed by atoms with van der Waals surface area (Å²) in [6.07, 6.45) is 6.41. The Labute approximate surface area is 120 Å². The summed E-state index contributed by atoms with van der Waals surface area (Å²) in [6, 6.07) is 2.11. The fourth-order valence-electron chi connectivity index (χ4n) is 2.64. The van der Waals surface area contributed by atoms with Gasteiger partial charge in [0, 0.05) is 19.0 Å². The molecule has 5 nitrogen and oxygen atoms in total. The van der Waals surface area contributed by atoms with Crippen molar-refractivity contribution < 1.29 is 4.79 Å². The highest BCUT2D eigenvalue weighted by molar-refractivity contribution is 7.16. The molecule has 1 amide bonds. The normalized spacial score (nSPS) is 15.8. The number of thiophene rings is 1. The summed E-state index contributed by atoms with van der Waals surface area (Å²) in [4.78, 5) is 29.0. The van der Waals surface area contributed by atoms with Gasteiger partial charge in [0.1, 0.15) is 4.83 Å². The second-order valence-electron chi connectivity index (χ2n) is 5.18. The molecule has 0 aliphatic heterocycles. The highest BCUT2D eigenvalue weighted by Crippen LogP contribution is 2.17. The van der Waals surface area contributed by atoms with Gasteiger partial charge in [0.2, 0.25) is 5.91 Å². The van der Waals surface area contributed by atoms with Gasteiger partial charge in [-0.2, -0.15) is 0 Å². The van der Waals surface area contributed by atoms with Crippen molar-refractivity contribution >= 4 is 27.5 Å². The zero-order valence-electron chi connectivity index (χ0n) is 11.2. The molecule has 0 unspecified atom stereocenters. The molecule has 2 heterocycles. The van der Waals surface area contributed by atoms with Gasteiger partial charge in [0.25, 0.3) is 5.56 Å². The third-order valence-electron chi connectivity index (χ3n) is 3.75. The van der Waals surface area contributed by atoms with Crippen molar-refractivity contribution in [3.8, 4) is 0 Å². The maximum atomic E-state index is 12.1. The van der Waals surface area contributed by atoms with E-state index in [1.807, 2.05) is 5.38 Å². The molecule has 1 aliphatic carbocycles. The van der Waals surface area contributed by atoms with Crippen LogP contribution in [0.3, 0.4) is 0 Å². The minimum Gasteiger partial charge on any atom is -0.353 e. The van der Waals surface area contributed by atoms with Crippen LogP contribution in [0.1, 0.15) is 32.1 Å². The molecule has 0 bridgehead atoms. The Hall–Kier alpha value is -1.69. The third-order valence-corrected chi connectivity index (χ3v) is 4.57. The smallest absolute Gasteiger partial charge is 0.262 e. The lowest BCUT2D eigenvalue weighted by Crippen LogP contribution is -2.34. The maximum Gasteiger partial charge on any atom is 0.262 e. The van der Waals surface area contributed by atoms with Gasteiger partial charge in [-0.3, -0.25) is 14.2 Å². The monoisotopic (exact) mass is 291 g/mol. The van der Waals surface area contributed by atoms with Gasteiger partial charge in [0.15, 0.2) is 0 Å². The lowest BCUT2D eigenvalue weighted by molar-refractivity contribution is -0.122. The molecule has 2 aromatic heterocycles. The van der Waals surface area contributed by atoms with Gasteiger partial charge in [-0.15, -0.1) is 11.3 Å². The summed E-state index contributed by atoms with van der Waals surface area (Å²) in [5, 5.41) is 5.52. The lowest BCUT2D eigenvalue weighted by Gasteiger charge is -2.12. The number of carbonyl (C=O) groups is 1. The van der Waals surface area contributed by atoms with Crippen LogP contribution in [0, 0.1) is 0 Å². The van der Waals surface area contributed by atoms with Crippen LogP contribution in [0.5, 0.6) is 0 Å². The van der Waals surface area contributed by atoms with Crippen LogP contribution in [0.15, 0.2) is 22.6 Å². The van der Waals surface area contributed by atoms with Gasteiger partial charge >= 0.3 is 0 Å². The zero-order chi connectivity index (χ0) is 13.9. The van der Waals surface area contributed by atoms with Crippen LogP contribution in [0.2, 0.25) is 0 Å². The molecule has 1 aliphatic rings. The molecule has 1 N–H and O–H groups in total. The molecule has 6 heteroatoms. The minimum atomic E-state index is -0.0649. The quantitative estimate of drug-likeness (QED) is 0.936. The predicted molar refractivity (Wildman–Crippen MR) is 78.9 cm³/mol. The number of rotatable bonds is 4. The van der Waals surface area contributed by atoms with E-state index >= 15 is 0 Å². The first kappa shape index (κ1) is 13.3. The SMILES string of the molecule is O=C(CCn1cnc2sccc2c1=O)NC1CCCC1. The summed E-state index contributed by atoms with van der Waals surface area (Å²) >= 11 is 1.45. The third kappa shape index (κ3) is 2.75. The molecule has 0 atom stereocenters. The highest BCUT2D eigenvalue weighted by Gasteiger charge is 2.17. The molecule has 0 aromatic carbocycles. The van der Waals surface area contributed by atoms with Gasteiger partial charge in [-0.05, 0) is 24.3 Å². The topological polar surface area (TPSA) is 64.0 Å². The van der Waals surface area contributed by atoms with E-state index < -0.39 is 0 Å². The Morgan fingerprint density at radius 3 is 3.05 bits per heavy atom. The molecule has 2 aromatic rings. The Kier molecular flexibility index (Phi) is 3.82. The average molecular weight is 291 g/mol. The number of fused-ring (bicyclic) bond motifs is 1. The van der Waals surface area contributed by atoms with Crippen molar-refractivity contribution in [2.45, 2.75) is 44.7 Å². The summed E-state index contributed by atoms with van der Waals surface area (Å²) in [5.74, 6) is 0.0224. The van der Waals surface area contributed by atoms with Crippen molar-refractivity contribution in [2.75, 3.05) is 0 Å². The molecule has 106 valence electrons. The molecular formula is C14H17N3O2S. The summed E-state index contributed by atoms with van der Waals surface area (Å²) in [7, 11) is 0. The first-order valence-corrected chi connectivity index (χ1v) is 7.84. The standard InChI is InChI=1S/C14H17N3O2S/c18-12(16-10-3-1-2-4-10)5-7-17-9-15-13-11(14(17)19)6-8-20-13/h6,8-10H,1-5,7H2,(H,16,18). The van der Waals surface area contributed by atoms with Crippen molar-refractivity contribution in [1.29, 1.82) is 0 Å². The molecule has 0 radical (unpaired) electrons. The lowest BCUT2D eigenvalue weighted by atomic mass is 10.2. The van der Waals surface area contributed by atoms with Crippen LogP contribution in [0.4, 0.5) is 0 Å². The zero-order valence-corrected chi connectivity index (χ0v) is 12.0. The molecule has 3 rings (SSSR count). The van der Waals surface area contributed by atoms with E-state index in [4.69, 9.17) is 0 Å². The van der Waals surface area contributed by atoms with E-state index in [0.29, 0.717) is 24.4 Å². The Bertz CT molecular complexity index is 670. The van der Waals surface area contributed by atoms with E-state index in [9.17, 15) is 9.59 Å². The summed E-state index contributed by atoms with van der Waals surface area (Å²) in [5.41, 5.74) is -0.0649. The van der Waals surface area contributed by atoms with E-state index in [1.165, 1.54) is 35.1 Å². The van der Waals surface area contributed by atoms with Crippen LogP contribution < -0.4 is 10.9 Å². The average Bonchev–Trinajstić information content (AvgIpc) is 3.09. The van der Waals surface area contributed by atoms with Crippen LogP contribution in [0.25, 0.3) is 10.2 Å². The Morgan fingerprint density at radius 2 is 2.25 bits per heavy atom. The largest absolute Gasteiger partial charge is 0.353 e. The van der Waals surface area contributed by atoms with Gasteiger partial charge in [-0.1, -0.05) is 12.8 Å². The van der Waals surface area contributed by atoms with Crippen molar-refractivity contribution in [2.24, 2.45) is 0 Å².